The minimum atomic E-state index is -0.535. The third kappa shape index (κ3) is 5.53. The molecular weight excluding hydrogens is 386 g/mol. The van der Waals surface area contributed by atoms with Crippen LogP contribution in [0.2, 0.25) is 0 Å². The summed E-state index contributed by atoms with van der Waals surface area (Å²) in [5.41, 5.74) is 0. The van der Waals surface area contributed by atoms with Crippen LogP contribution in [0.4, 0.5) is 0 Å². The number of thioether (sulfide) groups is 1. The molecule has 2 aliphatic rings. The number of likely N-dealkylation sites (tertiary alicyclic amines) is 1. The normalized spacial score (nSPS) is 21.4. The molecule has 1 N–H and O–H groups in total. The maximum Gasteiger partial charge on any atom is 0.263 e. The molecule has 0 aliphatic carbocycles. The first-order valence-corrected chi connectivity index (χ1v) is 10.4. The Morgan fingerprint density at radius 3 is 2.70 bits per heavy atom. The van der Waals surface area contributed by atoms with Crippen LogP contribution < -0.4 is 10.1 Å². The lowest BCUT2D eigenvalue weighted by Crippen LogP contribution is -2.58. The Labute approximate surface area is 171 Å². The topological polar surface area (TPSA) is 61.9 Å². The summed E-state index contributed by atoms with van der Waals surface area (Å²) in [4.78, 5) is 29.9. The van der Waals surface area contributed by atoms with Gasteiger partial charge < -0.3 is 19.9 Å². The zero-order chi connectivity index (χ0) is 18.5. The minimum Gasteiger partial charge on any atom is -0.481 e. The van der Waals surface area contributed by atoms with Crippen molar-refractivity contribution in [2.45, 2.75) is 36.8 Å². The van der Waals surface area contributed by atoms with Gasteiger partial charge in [0.15, 0.2) is 6.10 Å². The average Bonchev–Trinajstić information content (AvgIpc) is 2.68. The molecule has 2 unspecified atom stereocenters. The molecule has 2 heterocycles. The van der Waals surface area contributed by atoms with E-state index in [-0.39, 0.29) is 30.3 Å². The molecule has 2 atom stereocenters. The lowest BCUT2D eigenvalue weighted by atomic mass is 10.0. The van der Waals surface area contributed by atoms with Crippen molar-refractivity contribution in [1.29, 1.82) is 0 Å². The number of hydrogen-bond donors (Lipinski definition) is 1. The molecule has 1 aromatic carbocycles. The number of nitrogens with zero attached hydrogens (tertiary/aromatic N) is 2. The maximum atomic E-state index is 12.8. The molecule has 0 aromatic heterocycles. The quantitative estimate of drug-likeness (QED) is 0.748. The summed E-state index contributed by atoms with van der Waals surface area (Å²) < 4.78 is 5.84. The molecule has 2 aliphatic heterocycles. The van der Waals surface area contributed by atoms with Crippen molar-refractivity contribution < 1.29 is 14.3 Å². The molecule has 2 fully saturated rings. The van der Waals surface area contributed by atoms with Crippen LogP contribution in [0.25, 0.3) is 0 Å². The van der Waals surface area contributed by atoms with Crippen LogP contribution in [-0.4, -0.2) is 72.7 Å². The van der Waals surface area contributed by atoms with Crippen LogP contribution in [0.1, 0.15) is 19.8 Å². The van der Waals surface area contributed by atoms with Crippen LogP contribution in [0.15, 0.2) is 29.2 Å². The van der Waals surface area contributed by atoms with Gasteiger partial charge >= 0.3 is 0 Å². The van der Waals surface area contributed by atoms with Crippen molar-refractivity contribution >= 4 is 36.0 Å². The van der Waals surface area contributed by atoms with Gasteiger partial charge in [-0.15, -0.1) is 24.2 Å². The van der Waals surface area contributed by atoms with E-state index in [0.29, 0.717) is 18.8 Å². The highest BCUT2D eigenvalue weighted by Gasteiger charge is 2.33. The summed E-state index contributed by atoms with van der Waals surface area (Å²) in [5, 5.41) is 3.10. The number of piperazine rings is 1. The number of hydrogen-bond acceptors (Lipinski definition) is 5. The second-order valence-corrected chi connectivity index (χ2v) is 7.66. The molecule has 0 spiro atoms. The summed E-state index contributed by atoms with van der Waals surface area (Å²) in [6, 6.07) is 7.89. The van der Waals surface area contributed by atoms with Crippen molar-refractivity contribution in [1.82, 2.24) is 15.1 Å². The second kappa shape index (κ2) is 10.2. The van der Waals surface area contributed by atoms with Gasteiger partial charge in [0.25, 0.3) is 5.91 Å². The predicted octanol–water partition coefficient (Wildman–Crippen LogP) is 2.02. The molecule has 2 saturated heterocycles. The second-order valence-electron chi connectivity index (χ2n) is 6.78. The zero-order valence-electron chi connectivity index (χ0n) is 15.8. The van der Waals surface area contributed by atoms with Crippen LogP contribution >= 0.6 is 24.2 Å². The zero-order valence-corrected chi connectivity index (χ0v) is 17.5. The van der Waals surface area contributed by atoms with Crippen molar-refractivity contribution in [3.8, 4) is 5.75 Å². The van der Waals surface area contributed by atoms with Gasteiger partial charge in [-0.2, -0.15) is 0 Å². The highest BCUT2D eigenvalue weighted by atomic mass is 35.5. The molecule has 0 bridgehead atoms. The van der Waals surface area contributed by atoms with E-state index in [1.165, 1.54) is 0 Å². The van der Waals surface area contributed by atoms with Gasteiger partial charge in [0.05, 0.1) is 6.54 Å². The largest absolute Gasteiger partial charge is 0.481 e. The number of halogens is 1. The fraction of sp³-hybridized carbons (Fsp3) is 0.579. The predicted molar refractivity (Wildman–Crippen MR) is 110 cm³/mol. The number of ether oxygens (including phenoxy) is 1. The van der Waals surface area contributed by atoms with Gasteiger partial charge in [-0.3, -0.25) is 9.59 Å². The van der Waals surface area contributed by atoms with E-state index in [1.54, 1.807) is 18.7 Å². The van der Waals surface area contributed by atoms with Crippen molar-refractivity contribution in [3.05, 3.63) is 24.3 Å². The third-order valence-electron chi connectivity index (χ3n) is 5.00. The van der Waals surface area contributed by atoms with Gasteiger partial charge in [-0.25, -0.2) is 0 Å². The Morgan fingerprint density at radius 2 is 2.04 bits per heavy atom. The van der Waals surface area contributed by atoms with E-state index in [4.69, 9.17) is 4.74 Å². The molecule has 2 amide bonds. The van der Waals surface area contributed by atoms with Crippen LogP contribution in [-0.2, 0) is 9.59 Å². The average molecular weight is 414 g/mol. The van der Waals surface area contributed by atoms with Gasteiger partial charge in [0.1, 0.15) is 5.75 Å². The Kier molecular flexibility index (Phi) is 8.26. The lowest BCUT2D eigenvalue weighted by Gasteiger charge is -2.41. The number of piperidine rings is 1. The Hall–Kier alpha value is -1.44. The minimum absolute atomic E-state index is 0. The molecule has 0 saturated carbocycles. The SMILES string of the molecule is CSc1ccc(OC(C)C(=O)N2CCCC(N3CCNCC3=O)C2)cc1.Cl. The summed E-state index contributed by atoms with van der Waals surface area (Å²) >= 11 is 1.67. The maximum absolute atomic E-state index is 12.8. The van der Waals surface area contributed by atoms with Crippen LogP contribution in [0, 0.1) is 0 Å². The summed E-state index contributed by atoms with van der Waals surface area (Å²) in [7, 11) is 0. The number of rotatable bonds is 5. The Balaban J connectivity index is 0.00000261. The summed E-state index contributed by atoms with van der Waals surface area (Å²) in [5.74, 6) is 0.828. The van der Waals surface area contributed by atoms with Gasteiger partial charge in [-0.05, 0) is 50.3 Å². The molecular formula is C19H28ClN3O3S. The van der Waals surface area contributed by atoms with Crippen molar-refractivity contribution in [2.24, 2.45) is 0 Å². The number of carbonyl (C=O) groups is 2. The molecule has 6 nitrogen and oxygen atoms in total. The number of amides is 2. The monoisotopic (exact) mass is 413 g/mol. The number of benzene rings is 1. The molecule has 150 valence electrons. The number of carbonyl (C=O) groups excluding carboxylic acids is 2. The summed E-state index contributed by atoms with van der Waals surface area (Å²) in [6.07, 6.45) is 3.37. The fourth-order valence-corrected chi connectivity index (χ4v) is 3.99. The highest BCUT2D eigenvalue weighted by molar-refractivity contribution is 7.98. The van der Waals surface area contributed by atoms with E-state index in [2.05, 4.69) is 5.32 Å². The van der Waals surface area contributed by atoms with Crippen molar-refractivity contribution in [2.75, 3.05) is 39.0 Å². The first-order valence-electron chi connectivity index (χ1n) is 9.18. The molecule has 3 rings (SSSR count). The van der Waals surface area contributed by atoms with Gasteiger partial charge in [0.2, 0.25) is 5.91 Å². The molecule has 0 radical (unpaired) electrons. The molecule has 27 heavy (non-hydrogen) atoms. The van der Waals surface area contributed by atoms with E-state index < -0.39 is 6.10 Å². The van der Waals surface area contributed by atoms with E-state index in [9.17, 15) is 9.59 Å². The molecule has 1 aromatic rings. The van der Waals surface area contributed by atoms with Crippen LogP contribution in [0.5, 0.6) is 5.75 Å². The van der Waals surface area contributed by atoms with E-state index >= 15 is 0 Å². The third-order valence-corrected chi connectivity index (χ3v) is 5.74. The Morgan fingerprint density at radius 1 is 1.30 bits per heavy atom. The standard InChI is InChI=1S/C19H27N3O3S.ClH/c1-14(25-16-5-7-17(26-2)8-6-16)19(24)21-10-3-4-15(13-21)22-11-9-20-12-18(22)23;/h5-8,14-15,20H,3-4,9-13H2,1-2H3;1H. The molecule has 8 heteroatoms. The fourth-order valence-electron chi connectivity index (χ4n) is 3.58. The van der Waals surface area contributed by atoms with Gasteiger partial charge in [-0.1, -0.05) is 0 Å². The Bertz CT molecular complexity index is 644. The number of nitrogens with one attached hydrogen (secondary N) is 1. The van der Waals surface area contributed by atoms with Gasteiger partial charge in [0, 0.05) is 37.1 Å². The smallest absolute Gasteiger partial charge is 0.263 e. The van der Waals surface area contributed by atoms with Crippen molar-refractivity contribution in [3.63, 3.8) is 0 Å². The van der Waals surface area contributed by atoms with E-state index in [0.717, 1.165) is 37.4 Å². The first kappa shape index (κ1) is 21.9. The first-order chi connectivity index (χ1) is 12.6. The highest BCUT2D eigenvalue weighted by Crippen LogP contribution is 2.22. The van der Waals surface area contributed by atoms with Crippen LogP contribution in [0.3, 0.4) is 0 Å². The summed E-state index contributed by atoms with van der Waals surface area (Å²) in [6.45, 7) is 5.07. The lowest BCUT2D eigenvalue weighted by molar-refractivity contribution is -0.144. The van der Waals surface area contributed by atoms with E-state index in [1.807, 2.05) is 40.3 Å².